The quantitative estimate of drug-likeness (QED) is 0.643. The Morgan fingerprint density at radius 1 is 0.950 bits per heavy atom. The van der Waals surface area contributed by atoms with Gasteiger partial charge in [0.2, 0.25) is 0 Å². The van der Waals surface area contributed by atoms with Crippen molar-refractivity contribution in [3.05, 3.63) is 0 Å². The topological polar surface area (TPSA) is 27.7 Å². The molecule has 0 heterocycles. The van der Waals surface area contributed by atoms with Gasteiger partial charge in [-0.3, -0.25) is 0 Å². The van der Waals surface area contributed by atoms with Gasteiger partial charge in [0.15, 0.2) is 0 Å². The lowest BCUT2D eigenvalue weighted by Gasteiger charge is -2.48. The highest BCUT2D eigenvalue weighted by Gasteiger charge is 2.47. The Bertz CT molecular complexity index is 261. The molecule has 0 radical (unpaired) electrons. The Balaban J connectivity index is 2.84. The van der Waals surface area contributed by atoms with Crippen molar-refractivity contribution in [2.24, 2.45) is 16.7 Å². The summed E-state index contributed by atoms with van der Waals surface area (Å²) < 4.78 is 17.4. The first-order valence-corrected chi connectivity index (χ1v) is 7.99. The largest absolute Gasteiger partial charge is 0.384 e. The molecule has 1 fully saturated rings. The highest BCUT2D eigenvalue weighted by Crippen LogP contribution is 2.46. The van der Waals surface area contributed by atoms with Crippen molar-refractivity contribution < 1.29 is 14.2 Å². The van der Waals surface area contributed by atoms with Gasteiger partial charge in [0.25, 0.3) is 0 Å². The Hall–Kier alpha value is -0.120. The van der Waals surface area contributed by atoms with E-state index < -0.39 is 0 Å². The molecule has 1 aliphatic rings. The number of hydrogen-bond donors (Lipinski definition) is 0. The van der Waals surface area contributed by atoms with E-state index in [4.69, 9.17) is 14.2 Å². The van der Waals surface area contributed by atoms with Gasteiger partial charge in [0, 0.05) is 19.6 Å². The molecular formula is C17H34O3. The van der Waals surface area contributed by atoms with Crippen LogP contribution >= 0.6 is 0 Å². The van der Waals surface area contributed by atoms with E-state index in [2.05, 4.69) is 27.7 Å². The number of hydrogen-bond acceptors (Lipinski definition) is 3. The number of methoxy groups -OCH3 is 2. The summed E-state index contributed by atoms with van der Waals surface area (Å²) in [6, 6.07) is 0. The van der Waals surface area contributed by atoms with Crippen LogP contribution < -0.4 is 0 Å². The molecule has 3 heteroatoms. The first-order chi connectivity index (χ1) is 9.39. The second-order valence-electron chi connectivity index (χ2n) is 7.24. The van der Waals surface area contributed by atoms with Crippen molar-refractivity contribution in [1.82, 2.24) is 0 Å². The van der Waals surface area contributed by atoms with E-state index in [-0.39, 0.29) is 10.8 Å². The monoisotopic (exact) mass is 286 g/mol. The second kappa shape index (κ2) is 7.77. The molecule has 0 saturated heterocycles. The smallest absolute Gasteiger partial charge is 0.0575 e. The van der Waals surface area contributed by atoms with Crippen LogP contribution in [0.25, 0.3) is 0 Å². The Morgan fingerprint density at radius 3 is 1.85 bits per heavy atom. The summed E-state index contributed by atoms with van der Waals surface area (Å²) in [5.74, 6) is 0.542. The van der Waals surface area contributed by atoms with E-state index in [1.165, 1.54) is 25.7 Å². The molecule has 0 atom stereocenters. The average molecular weight is 286 g/mol. The second-order valence-corrected chi connectivity index (χ2v) is 7.24. The molecule has 0 bridgehead atoms. The zero-order chi connectivity index (χ0) is 15.2. The van der Waals surface area contributed by atoms with Crippen molar-refractivity contribution in [3.8, 4) is 0 Å². The van der Waals surface area contributed by atoms with Crippen molar-refractivity contribution >= 4 is 0 Å². The zero-order valence-electron chi connectivity index (χ0n) is 14.3. The Kier molecular flexibility index (Phi) is 6.96. The minimum atomic E-state index is -0.0900. The summed E-state index contributed by atoms with van der Waals surface area (Å²) in [6.45, 7) is 11.3. The van der Waals surface area contributed by atoms with Gasteiger partial charge in [-0.25, -0.2) is 0 Å². The number of ether oxygens (including phenoxy) is 3. The molecule has 1 saturated carbocycles. The molecular weight excluding hydrogens is 252 g/mol. The molecule has 0 spiro atoms. The summed E-state index contributed by atoms with van der Waals surface area (Å²) >= 11 is 0. The van der Waals surface area contributed by atoms with Crippen LogP contribution in [0.4, 0.5) is 0 Å². The fourth-order valence-electron chi connectivity index (χ4n) is 3.18. The summed E-state index contributed by atoms with van der Waals surface area (Å²) in [6.07, 6.45) is 5.46. The lowest BCUT2D eigenvalue weighted by Crippen LogP contribution is -2.51. The van der Waals surface area contributed by atoms with Gasteiger partial charge in [-0.05, 0) is 24.2 Å². The maximum atomic E-state index is 6.25. The van der Waals surface area contributed by atoms with Crippen LogP contribution in [-0.4, -0.2) is 40.1 Å². The highest BCUT2D eigenvalue weighted by atomic mass is 16.5. The maximum absolute atomic E-state index is 6.25. The van der Waals surface area contributed by atoms with Crippen LogP contribution in [0.2, 0.25) is 0 Å². The standard InChI is InChI=1S/C17H34O3/c1-14(2)16(3,4)17(11-18-5,12-19-6)13-20-15-9-7-8-10-15/h14-15H,7-13H2,1-6H3. The fourth-order valence-corrected chi connectivity index (χ4v) is 3.18. The third kappa shape index (κ3) is 3.96. The van der Waals surface area contributed by atoms with E-state index in [1.54, 1.807) is 14.2 Å². The van der Waals surface area contributed by atoms with Gasteiger partial charge in [-0.2, -0.15) is 0 Å². The van der Waals surface area contributed by atoms with E-state index in [0.29, 0.717) is 25.2 Å². The molecule has 0 N–H and O–H groups in total. The SMILES string of the molecule is COCC(COC)(COC1CCCC1)C(C)(C)C(C)C. The third-order valence-corrected chi connectivity index (χ3v) is 5.55. The average Bonchev–Trinajstić information content (AvgIpc) is 2.89. The van der Waals surface area contributed by atoms with Crippen LogP contribution in [0.3, 0.4) is 0 Å². The van der Waals surface area contributed by atoms with Crippen molar-refractivity contribution in [2.75, 3.05) is 34.0 Å². The van der Waals surface area contributed by atoms with Gasteiger partial charge >= 0.3 is 0 Å². The third-order valence-electron chi connectivity index (χ3n) is 5.55. The van der Waals surface area contributed by atoms with Gasteiger partial charge in [-0.1, -0.05) is 40.5 Å². The molecule has 120 valence electrons. The van der Waals surface area contributed by atoms with Crippen LogP contribution in [0.5, 0.6) is 0 Å². The molecule has 0 aromatic rings. The Morgan fingerprint density at radius 2 is 1.45 bits per heavy atom. The molecule has 1 aliphatic carbocycles. The van der Waals surface area contributed by atoms with E-state index in [9.17, 15) is 0 Å². The molecule has 0 aromatic carbocycles. The molecule has 0 amide bonds. The normalized spacial score (nSPS) is 18.1. The van der Waals surface area contributed by atoms with Gasteiger partial charge < -0.3 is 14.2 Å². The van der Waals surface area contributed by atoms with E-state index >= 15 is 0 Å². The predicted molar refractivity (Wildman–Crippen MR) is 83.0 cm³/mol. The Labute approximate surface area is 125 Å². The summed E-state index contributed by atoms with van der Waals surface area (Å²) in [5, 5.41) is 0. The highest BCUT2D eigenvalue weighted by molar-refractivity contribution is 4.95. The van der Waals surface area contributed by atoms with Gasteiger partial charge in [0.05, 0.1) is 25.9 Å². The molecule has 0 aromatic heterocycles. The van der Waals surface area contributed by atoms with E-state index in [0.717, 1.165) is 6.61 Å². The molecule has 0 unspecified atom stereocenters. The van der Waals surface area contributed by atoms with Crippen molar-refractivity contribution in [3.63, 3.8) is 0 Å². The van der Waals surface area contributed by atoms with Crippen LogP contribution in [0.15, 0.2) is 0 Å². The molecule has 3 nitrogen and oxygen atoms in total. The summed E-state index contributed by atoms with van der Waals surface area (Å²) in [5.41, 5.74) is 0.00484. The first-order valence-electron chi connectivity index (χ1n) is 7.99. The lowest BCUT2D eigenvalue weighted by molar-refractivity contribution is -0.141. The summed E-state index contributed by atoms with van der Waals surface area (Å²) in [7, 11) is 3.55. The maximum Gasteiger partial charge on any atom is 0.0575 e. The minimum Gasteiger partial charge on any atom is -0.384 e. The predicted octanol–water partition coefficient (Wildman–Crippen LogP) is 3.91. The number of rotatable bonds is 9. The zero-order valence-corrected chi connectivity index (χ0v) is 14.3. The van der Waals surface area contributed by atoms with Crippen LogP contribution in [0, 0.1) is 16.7 Å². The minimum absolute atomic E-state index is 0.0900. The molecule has 20 heavy (non-hydrogen) atoms. The summed E-state index contributed by atoms with van der Waals surface area (Å²) in [4.78, 5) is 0. The fraction of sp³-hybridized carbons (Fsp3) is 1.00. The first kappa shape index (κ1) is 17.9. The van der Waals surface area contributed by atoms with Crippen molar-refractivity contribution in [1.29, 1.82) is 0 Å². The molecule has 0 aliphatic heterocycles. The lowest BCUT2D eigenvalue weighted by atomic mass is 9.61. The van der Waals surface area contributed by atoms with Gasteiger partial charge in [0.1, 0.15) is 0 Å². The van der Waals surface area contributed by atoms with E-state index in [1.807, 2.05) is 0 Å². The molecule has 1 rings (SSSR count). The van der Waals surface area contributed by atoms with Crippen LogP contribution in [0.1, 0.15) is 53.4 Å². The van der Waals surface area contributed by atoms with Crippen LogP contribution in [-0.2, 0) is 14.2 Å². The van der Waals surface area contributed by atoms with Gasteiger partial charge in [-0.15, -0.1) is 0 Å². The van der Waals surface area contributed by atoms with Crippen molar-refractivity contribution in [2.45, 2.75) is 59.5 Å².